The number of hydrogen-bond acceptors (Lipinski definition) is 3. The Morgan fingerprint density at radius 3 is 0.671 bits per heavy atom. The van der Waals surface area contributed by atoms with Crippen LogP contribution in [0.2, 0.25) is 0 Å². The van der Waals surface area contributed by atoms with Crippen molar-refractivity contribution in [2.75, 3.05) is 14.7 Å². The van der Waals surface area contributed by atoms with E-state index in [0.29, 0.717) is 0 Å². The molecule has 0 aromatic heterocycles. The highest BCUT2D eigenvalue weighted by Gasteiger charge is 2.23. The Bertz CT molecular complexity index is 3720. The number of anilines is 9. The number of rotatable bonds is 17. The average molecular weight is 1020 g/mol. The number of benzene rings is 12. The summed E-state index contributed by atoms with van der Waals surface area (Å²) in [6, 6.07) is 118. The normalized spacial score (nSPS) is 11.8. The minimum atomic E-state index is 0.276. The van der Waals surface area contributed by atoms with Gasteiger partial charge in [-0.2, -0.15) is 0 Å². The zero-order chi connectivity index (χ0) is 53.2. The lowest BCUT2D eigenvalue weighted by Crippen LogP contribution is -2.12. The van der Waals surface area contributed by atoms with Crippen LogP contribution in [-0.4, -0.2) is 0 Å². The third-order valence-corrected chi connectivity index (χ3v) is 15.3. The molecule has 2 atom stereocenters. The first-order valence-corrected chi connectivity index (χ1v) is 27.4. The monoisotopic (exact) mass is 1020 g/mol. The molecule has 12 rings (SSSR count). The highest BCUT2D eigenvalue weighted by molar-refractivity contribution is 5.82. The van der Waals surface area contributed by atoms with Crippen LogP contribution in [0.4, 0.5) is 51.2 Å². The first-order valence-electron chi connectivity index (χ1n) is 27.4. The summed E-state index contributed by atoms with van der Waals surface area (Å²) in [4.78, 5) is 6.93. The smallest absolute Gasteiger partial charge is 0.0462 e. The van der Waals surface area contributed by atoms with E-state index < -0.39 is 0 Å². The van der Waals surface area contributed by atoms with Gasteiger partial charge in [-0.05, 0) is 178 Å². The molecule has 12 aromatic carbocycles. The first kappa shape index (κ1) is 49.9. The van der Waals surface area contributed by atoms with E-state index in [1.165, 1.54) is 50.1 Å². The molecule has 0 bridgehead atoms. The molecule has 0 heterocycles. The zero-order valence-corrected chi connectivity index (χ0v) is 44.4. The van der Waals surface area contributed by atoms with Crippen molar-refractivity contribution in [1.29, 1.82) is 0 Å². The summed E-state index contributed by atoms with van der Waals surface area (Å²) in [5.74, 6) is 0.558. The van der Waals surface area contributed by atoms with Gasteiger partial charge in [0.05, 0.1) is 0 Å². The fourth-order valence-electron chi connectivity index (χ4n) is 11.0. The molecule has 0 saturated carbocycles. The van der Waals surface area contributed by atoms with E-state index in [-0.39, 0.29) is 11.8 Å². The second-order valence-electron chi connectivity index (χ2n) is 20.2. The lowest BCUT2D eigenvalue weighted by Gasteiger charge is -2.26. The molecule has 0 aliphatic heterocycles. The fourth-order valence-corrected chi connectivity index (χ4v) is 11.0. The van der Waals surface area contributed by atoms with Gasteiger partial charge in [-0.3, -0.25) is 0 Å². The van der Waals surface area contributed by atoms with Crippen molar-refractivity contribution in [3.05, 3.63) is 344 Å². The maximum Gasteiger partial charge on any atom is 0.0462 e. The maximum absolute atomic E-state index is 2.39. The van der Waals surface area contributed by atoms with Crippen molar-refractivity contribution in [2.24, 2.45) is 0 Å². The van der Waals surface area contributed by atoms with Gasteiger partial charge in [0.15, 0.2) is 0 Å². The molecule has 79 heavy (non-hydrogen) atoms. The van der Waals surface area contributed by atoms with Crippen molar-refractivity contribution >= 4 is 51.2 Å². The third kappa shape index (κ3) is 11.3. The molecule has 0 radical (unpaired) electrons. The lowest BCUT2D eigenvalue weighted by molar-refractivity contribution is 0.572. The predicted molar refractivity (Wildman–Crippen MR) is 335 cm³/mol. The average Bonchev–Trinajstić information content (AvgIpc) is 3.54. The predicted octanol–water partition coefficient (Wildman–Crippen LogP) is 21.2. The van der Waals surface area contributed by atoms with Crippen LogP contribution in [0.25, 0.3) is 33.4 Å². The zero-order valence-electron chi connectivity index (χ0n) is 44.4. The standard InChI is InChI=1S/C76H61N3/c1-57(76(56-58-20-8-2-9-21-58)66-38-36-61(37-39-66)63-40-48-72(49-41-63)77(67-22-10-3-11-23-67)68-24-12-4-13-25-68)59-32-34-60(35-33-59)62-42-52-74(53-43-62)79(71-30-18-7-19-31-71)75-54-46-65(47-55-75)64-44-50-73(51-45-64)78(69-26-14-5-15-27-69)70-28-16-6-17-29-70/h2-55,57,76H,56H2,1H3. The van der Waals surface area contributed by atoms with E-state index >= 15 is 0 Å². The summed E-state index contributed by atoms with van der Waals surface area (Å²) in [6.45, 7) is 2.39. The minimum Gasteiger partial charge on any atom is -0.311 e. The molecule has 0 aliphatic rings. The maximum atomic E-state index is 2.39. The highest BCUT2D eigenvalue weighted by atomic mass is 15.2. The Labute approximate surface area is 466 Å². The summed E-state index contributed by atoms with van der Waals surface area (Å²) in [5, 5.41) is 0. The number of nitrogens with zero attached hydrogens (tertiary/aromatic N) is 3. The van der Waals surface area contributed by atoms with E-state index in [2.05, 4.69) is 349 Å². The van der Waals surface area contributed by atoms with Gasteiger partial charge in [0.1, 0.15) is 0 Å². The summed E-state index contributed by atoms with van der Waals surface area (Å²) < 4.78 is 0. The van der Waals surface area contributed by atoms with Crippen molar-refractivity contribution in [3.8, 4) is 33.4 Å². The van der Waals surface area contributed by atoms with Crippen LogP contribution in [0.1, 0.15) is 35.4 Å². The molecule has 3 heteroatoms. The van der Waals surface area contributed by atoms with Gasteiger partial charge >= 0.3 is 0 Å². The second-order valence-corrected chi connectivity index (χ2v) is 20.2. The van der Waals surface area contributed by atoms with Crippen molar-refractivity contribution in [1.82, 2.24) is 0 Å². The number of para-hydroxylation sites is 5. The SMILES string of the molecule is CC(c1ccc(-c2ccc(N(c3ccccc3)c3ccc(-c4ccc(N(c5ccccc5)c5ccccc5)cc4)cc3)cc2)cc1)C(Cc1ccccc1)c1ccc(-c2ccc(N(c3ccccc3)c3ccccc3)cc2)cc1. The van der Waals surface area contributed by atoms with E-state index in [4.69, 9.17) is 0 Å². The molecule has 0 fully saturated rings. The van der Waals surface area contributed by atoms with Gasteiger partial charge in [0.25, 0.3) is 0 Å². The minimum absolute atomic E-state index is 0.276. The van der Waals surface area contributed by atoms with E-state index in [1.807, 2.05) is 0 Å². The quantitative estimate of drug-likeness (QED) is 0.0900. The van der Waals surface area contributed by atoms with E-state index in [0.717, 1.165) is 57.6 Å². The Kier molecular flexibility index (Phi) is 14.8. The first-order chi connectivity index (χ1) is 39.1. The fraction of sp³-hybridized carbons (Fsp3) is 0.0526. The van der Waals surface area contributed by atoms with Crippen LogP contribution in [0.3, 0.4) is 0 Å². The van der Waals surface area contributed by atoms with Crippen LogP contribution in [0.5, 0.6) is 0 Å². The Morgan fingerprint density at radius 1 is 0.215 bits per heavy atom. The molecule has 0 amide bonds. The summed E-state index contributed by atoms with van der Waals surface area (Å²) in [5.41, 5.74) is 21.2. The van der Waals surface area contributed by atoms with Crippen LogP contribution in [0, 0.1) is 0 Å². The van der Waals surface area contributed by atoms with Gasteiger partial charge < -0.3 is 14.7 Å². The van der Waals surface area contributed by atoms with Gasteiger partial charge in [0.2, 0.25) is 0 Å². The largest absolute Gasteiger partial charge is 0.311 e. The molecule has 0 aliphatic carbocycles. The van der Waals surface area contributed by atoms with Crippen molar-refractivity contribution < 1.29 is 0 Å². The lowest BCUT2D eigenvalue weighted by atomic mass is 9.78. The molecule has 3 nitrogen and oxygen atoms in total. The molecule has 12 aromatic rings. The number of hydrogen-bond donors (Lipinski definition) is 0. The van der Waals surface area contributed by atoms with Crippen molar-refractivity contribution in [3.63, 3.8) is 0 Å². The topological polar surface area (TPSA) is 9.72 Å². The van der Waals surface area contributed by atoms with Gasteiger partial charge in [-0.1, -0.05) is 225 Å². The van der Waals surface area contributed by atoms with Crippen LogP contribution < -0.4 is 14.7 Å². The molecule has 2 unspecified atom stereocenters. The second kappa shape index (κ2) is 23.5. The molecule has 0 saturated heterocycles. The highest BCUT2D eigenvalue weighted by Crippen LogP contribution is 2.42. The Balaban J connectivity index is 0.759. The van der Waals surface area contributed by atoms with E-state index in [1.54, 1.807) is 0 Å². The Morgan fingerprint density at radius 2 is 0.418 bits per heavy atom. The third-order valence-electron chi connectivity index (χ3n) is 15.3. The molecular weight excluding hydrogens is 955 g/mol. The summed E-state index contributed by atoms with van der Waals surface area (Å²) in [6.07, 6.45) is 0.949. The molecular formula is C76H61N3. The molecule has 0 spiro atoms. The van der Waals surface area contributed by atoms with Crippen LogP contribution in [-0.2, 0) is 6.42 Å². The van der Waals surface area contributed by atoms with E-state index in [9.17, 15) is 0 Å². The van der Waals surface area contributed by atoms with Crippen LogP contribution >= 0.6 is 0 Å². The van der Waals surface area contributed by atoms with Gasteiger partial charge in [0, 0.05) is 51.2 Å². The molecule has 0 N–H and O–H groups in total. The Hall–Kier alpha value is -9.96. The molecule has 380 valence electrons. The van der Waals surface area contributed by atoms with Crippen molar-refractivity contribution in [2.45, 2.75) is 25.2 Å². The van der Waals surface area contributed by atoms with Gasteiger partial charge in [-0.15, -0.1) is 0 Å². The van der Waals surface area contributed by atoms with Gasteiger partial charge in [-0.25, -0.2) is 0 Å². The summed E-state index contributed by atoms with van der Waals surface area (Å²) in [7, 11) is 0. The summed E-state index contributed by atoms with van der Waals surface area (Å²) >= 11 is 0. The van der Waals surface area contributed by atoms with Crippen LogP contribution in [0.15, 0.2) is 328 Å².